The molecule has 3 N–H and O–H groups in total. The molecule has 0 saturated heterocycles. The van der Waals surface area contributed by atoms with Crippen molar-refractivity contribution in [2.45, 2.75) is 13.5 Å². The molecule has 0 saturated carbocycles. The van der Waals surface area contributed by atoms with Crippen molar-refractivity contribution in [1.29, 1.82) is 0 Å². The van der Waals surface area contributed by atoms with Crippen molar-refractivity contribution < 1.29 is 0 Å². The third kappa shape index (κ3) is 3.17. The van der Waals surface area contributed by atoms with Gasteiger partial charge in [0.25, 0.3) is 0 Å². The predicted molar refractivity (Wildman–Crippen MR) is 72.7 cm³/mol. The lowest BCUT2D eigenvalue weighted by Gasteiger charge is -2.07. The molecule has 4 nitrogen and oxygen atoms in total. The molecule has 0 amide bonds. The number of nitrogen functional groups attached to an aromatic ring is 1. The van der Waals surface area contributed by atoms with E-state index in [1.807, 2.05) is 18.2 Å². The van der Waals surface area contributed by atoms with Gasteiger partial charge in [0, 0.05) is 16.4 Å². The number of rotatable bonds is 3. The van der Waals surface area contributed by atoms with Gasteiger partial charge in [-0.2, -0.15) is 0 Å². The Balaban J connectivity index is 2.05. The smallest absolute Gasteiger partial charge is 0.149 e. The number of aryl methyl sites for hydroxylation is 1. The second-order valence-corrected chi connectivity index (χ2v) is 4.57. The highest BCUT2D eigenvalue weighted by Gasteiger charge is 1.99. The Bertz CT molecular complexity index is 528. The van der Waals surface area contributed by atoms with Crippen LogP contribution in [0.15, 0.2) is 34.9 Å². The van der Waals surface area contributed by atoms with Crippen LogP contribution in [-0.2, 0) is 6.54 Å². The fraction of sp³-hybridized carbons (Fsp3) is 0.167. The van der Waals surface area contributed by atoms with Crippen LogP contribution in [0, 0.1) is 6.92 Å². The highest BCUT2D eigenvalue weighted by molar-refractivity contribution is 9.10. The molecule has 0 unspecified atom stereocenters. The van der Waals surface area contributed by atoms with Gasteiger partial charge in [0.2, 0.25) is 0 Å². The van der Waals surface area contributed by atoms with Gasteiger partial charge in [0.1, 0.15) is 11.6 Å². The van der Waals surface area contributed by atoms with E-state index in [2.05, 4.69) is 38.1 Å². The summed E-state index contributed by atoms with van der Waals surface area (Å²) in [6, 6.07) is 7.77. The summed E-state index contributed by atoms with van der Waals surface area (Å²) in [4.78, 5) is 8.25. The summed E-state index contributed by atoms with van der Waals surface area (Å²) >= 11 is 3.49. The number of nitrogens with zero attached hydrogens (tertiary/aromatic N) is 2. The minimum absolute atomic E-state index is 0.488. The molecule has 88 valence electrons. The van der Waals surface area contributed by atoms with Crippen LogP contribution in [0.4, 0.5) is 11.5 Å². The summed E-state index contributed by atoms with van der Waals surface area (Å²) in [6.07, 6.45) is 1.66. The van der Waals surface area contributed by atoms with Gasteiger partial charge in [0.15, 0.2) is 0 Å². The molecule has 5 heteroatoms. The predicted octanol–water partition coefficient (Wildman–Crippen LogP) is 2.74. The van der Waals surface area contributed by atoms with Crippen LogP contribution in [0.25, 0.3) is 0 Å². The third-order valence-corrected chi connectivity index (χ3v) is 3.20. The van der Waals surface area contributed by atoms with E-state index in [0.717, 1.165) is 10.2 Å². The number of benzene rings is 1. The van der Waals surface area contributed by atoms with Gasteiger partial charge in [-0.3, -0.25) is 0 Å². The molecule has 0 aliphatic rings. The summed E-state index contributed by atoms with van der Waals surface area (Å²) in [5.41, 5.74) is 7.81. The zero-order valence-corrected chi connectivity index (χ0v) is 11.0. The van der Waals surface area contributed by atoms with Crippen LogP contribution in [0.3, 0.4) is 0 Å². The summed E-state index contributed by atoms with van der Waals surface area (Å²) in [5.74, 6) is 1.17. The van der Waals surface area contributed by atoms with E-state index >= 15 is 0 Å². The van der Waals surface area contributed by atoms with Gasteiger partial charge < -0.3 is 11.1 Å². The first-order valence-corrected chi connectivity index (χ1v) is 6.02. The number of hydrogen-bond donors (Lipinski definition) is 2. The third-order valence-electron chi connectivity index (χ3n) is 2.35. The van der Waals surface area contributed by atoms with Crippen molar-refractivity contribution in [3.63, 3.8) is 0 Å². The standard InChI is InChI=1S/C12H13BrN4/c1-8-2-3-9(6-10(8)13)16-7-12-15-5-4-11(14)17-12/h2-6,16H,7H2,1H3,(H2,14,15,17). The molecule has 1 heterocycles. The Labute approximate surface area is 108 Å². The molecule has 0 aliphatic carbocycles. The number of anilines is 2. The van der Waals surface area contributed by atoms with Gasteiger partial charge >= 0.3 is 0 Å². The SMILES string of the molecule is Cc1ccc(NCc2nccc(N)n2)cc1Br. The van der Waals surface area contributed by atoms with Crippen molar-refractivity contribution in [2.75, 3.05) is 11.1 Å². The average Bonchev–Trinajstić information content (AvgIpc) is 2.31. The lowest BCUT2D eigenvalue weighted by atomic mass is 10.2. The Morgan fingerprint density at radius 2 is 2.18 bits per heavy atom. The normalized spacial score (nSPS) is 10.2. The van der Waals surface area contributed by atoms with Gasteiger partial charge in [-0.25, -0.2) is 9.97 Å². The van der Waals surface area contributed by atoms with Gasteiger partial charge in [-0.15, -0.1) is 0 Å². The van der Waals surface area contributed by atoms with Crippen LogP contribution in [-0.4, -0.2) is 9.97 Å². The topological polar surface area (TPSA) is 63.8 Å². The Kier molecular flexibility index (Phi) is 3.58. The molecule has 0 aliphatic heterocycles. The van der Waals surface area contributed by atoms with Crippen LogP contribution in [0.1, 0.15) is 11.4 Å². The molecule has 0 atom stereocenters. The summed E-state index contributed by atoms with van der Waals surface area (Å²) in [6.45, 7) is 2.61. The Morgan fingerprint density at radius 1 is 1.35 bits per heavy atom. The molecule has 2 aromatic rings. The van der Waals surface area contributed by atoms with Gasteiger partial charge in [0.05, 0.1) is 6.54 Å². The monoisotopic (exact) mass is 292 g/mol. The molecule has 0 spiro atoms. The maximum atomic E-state index is 5.59. The second kappa shape index (κ2) is 5.14. The van der Waals surface area contributed by atoms with Gasteiger partial charge in [-0.05, 0) is 30.7 Å². The van der Waals surface area contributed by atoms with E-state index in [1.165, 1.54) is 5.56 Å². The quantitative estimate of drug-likeness (QED) is 0.913. The molecule has 0 bridgehead atoms. The molecule has 0 radical (unpaired) electrons. The largest absolute Gasteiger partial charge is 0.384 e. The number of hydrogen-bond acceptors (Lipinski definition) is 4. The number of halogens is 1. The average molecular weight is 293 g/mol. The molecular formula is C12H13BrN4. The summed E-state index contributed by atoms with van der Waals surface area (Å²) < 4.78 is 1.08. The zero-order chi connectivity index (χ0) is 12.3. The maximum absolute atomic E-state index is 5.59. The summed E-state index contributed by atoms with van der Waals surface area (Å²) in [7, 11) is 0. The van der Waals surface area contributed by atoms with E-state index in [-0.39, 0.29) is 0 Å². The second-order valence-electron chi connectivity index (χ2n) is 3.72. The number of aromatic nitrogens is 2. The van der Waals surface area contributed by atoms with E-state index < -0.39 is 0 Å². The zero-order valence-electron chi connectivity index (χ0n) is 9.44. The minimum Gasteiger partial charge on any atom is -0.384 e. The van der Waals surface area contributed by atoms with Gasteiger partial charge in [-0.1, -0.05) is 22.0 Å². The van der Waals surface area contributed by atoms with E-state index in [0.29, 0.717) is 18.2 Å². The van der Waals surface area contributed by atoms with Crippen LogP contribution < -0.4 is 11.1 Å². The van der Waals surface area contributed by atoms with Crippen molar-refractivity contribution in [2.24, 2.45) is 0 Å². The molecule has 1 aromatic heterocycles. The van der Waals surface area contributed by atoms with E-state index in [4.69, 9.17) is 5.73 Å². The fourth-order valence-corrected chi connectivity index (χ4v) is 1.76. The highest BCUT2D eigenvalue weighted by atomic mass is 79.9. The lowest BCUT2D eigenvalue weighted by Crippen LogP contribution is -2.05. The fourth-order valence-electron chi connectivity index (χ4n) is 1.38. The maximum Gasteiger partial charge on any atom is 0.149 e. The first kappa shape index (κ1) is 11.9. The molecule has 1 aromatic carbocycles. The van der Waals surface area contributed by atoms with Crippen LogP contribution in [0.5, 0.6) is 0 Å². The molecule has 2 rings (SSSR count). The van der Waals surface area contributed by atoms with Crippen molar-refractivity contribution in [3.8, 4) is 0 Å². The number of nitrogens with one attached hydrogen (secondary N) is 1. The van der Waals surface area contributed by atoms with E-state index in [1.54, 1.807) is 12.3 Å². The van der Waals surface area contributed by atoms with Crippen molar-refractivity contribution >= 4 is 27.4 Å². The first-order chi connectivity index (χ1) is 8.15. The lowest BCUT2D eigenvalue weighted by molar-refractivity contribution is 0.954. The summed E-state index contributed by atoms with van der Waals surface area (Å²) in [5, 5.41) is 3.25. The van der Waals surface area contributed by atoms with Crippen LogP contribution in [0.2, 0.25) is 0 Å². The first-order valence-electron chi connectivity index (χ1n) is 5.22. The van der Waals surface area contributed by atoms with Crippen molar-refractivity contribution in [3.05, 3.63) is 46.3 Å². The molecular weight excluding hydrogens is 280 g/mol. The molecule has 0 fully saturated rings. The number of nitrogens with two attached hydrogens (primary N) is 1. The Hall–Kier alpha value is -1.62. The van der Waals surface area contributed by atoms with E-state index in [9.17, 15) is 0 Å². The Morgan fingerprint density at radius 3 is 2.88 bits per heavy atom. The highest BCUT2D eigenvalue weighted by Crippen LogP contribution is 2.20. The van der Waals surface area contributed by atoms with Crippen molar-refractivity contribution in [1.82, 2.24) is 9.97 Å². The van der Waals surface area contributed by atoms with Crippen LogP contribution >= 0.6 is 15.9 Å². The minimum atomic E-state index is 0.488. The molecule has 17 heavy (non-hydrogen) atoms.